The Labute approximate surface area is 126 Å². The molecule has 2 nitrogen and oxygen atoms in total. The van der Waals surface area contributed by atoms with Gasteiger partial charge < -0.3 is 5.32 Å². The molecule has 0 bridgehead atoms. The zero-order valence-corrected chi connectivity index (χ0v) is 12.4. The number of hydrogen-bond acceptors (Lipinski definition) is 1. The van der Waals surface area contributed by atoms with Gasteiger partial charge in [0.2, 0.25) is 0 Å². The van der Waals surface area contributed by atoms with Gasteiger partial charge in [0.15, 0.2) is 0 Å². The van der Waals surface area contributed by atoms with Gasteiger partial charge in [-0.15, -0.1) is 0 Å². The van der Waals surface area contributed by atoms with Crippen LogP contribution < -0.4 is 5.32 Å². The second-order valence-electron chi connectivity index (χ2n) is 5.87. The zero-order valence-electron chi connectivity index (χ0n) is 12.4. The highest BCUT2D eigenvalue weighted by Crippen LogP contribution is 2.30. The summed E-state index contributed by atoms with van der Waals surface area (Å²) in [6, 6.07) is 16.4. The summed E-state index contributed by atoms with van der Waals surface area (Å²) in [4.78, 5) is 12.2. The van der Waals surface area contributed by atoms with Gasteiger partial charge >= 0.3 is 0 Å². The second kappa shape index (κ2) is 6.13. The Balaban J connectivity index is 1.67. The molecule has 0 saturated heterocycles. The van der Waals surface area contributed by atoms with Crippen LogP contribution in [0.3, 0.4) is 0 Å². The van der Waals surface area contributed by atoms with Crippen LogP contribution in [0.2, 0.25) is 0 Å². The van der Waals surface area contributed by atoms with Crippen LogP contribution in [-0.2, 0) is 6.42 Å². The van der Waals surface area contributed by atoms with Crippen LogP contribution in [0.1, 0.15) is 45.8 Å². The minimum atomic E-state index is 0.0294. The van der Waals surface area contributed by atoms with Gasteiger partial charge in [-0.25, -0.2) is 0 Å². The SMILES string of the molecule is Cc1cccc(C(=O)NCC2CCCc3ccccc32)c1. The van der Waals surface area contributed by atoms with Crippen LogP contribution in [0, 0.1) is 6.92 Å². The number of fused-ring (bicyclic) bond motifs is 1. The fourth-order valence-electron chi connectivity index (χ4n) is 3.17. The quantitative estimate of drug-likeness (QED) is 0.908. The van der Waals surface area contributed by atoms with E-state index in [0.717, 1.165) is 24.1 Å². The van der Waals surface area contributed by atoms with Crippen molar-refractivity contribution in [2.75, 3.05) is 6.54 Å². The molecule has 2 heteroatoms. The molecule has 0 spiro atoms. The molecule has 1 N–H and O–H groups in total. The van der Waals surface area contributed by atoms with Crippen LogP contribution in [0.25, 0.3) is 0 Å². The van der Waals surface area contributed by atoms with Gasteiger partial charge in [0.25, 0.3) is 5.91 Å². The third kappa shape index (κ3) is 3.15. The van der Waals surface area contributed by atoms with Gasteiger partial charge in [0, 0.05) is 18.0 Å². The lowest BCUT2D eigenvalue weighted by molar-refractivity contribution is 0.0950. The molecule has 1 unspecified atom stereocenters. The first-order chi connectivity index (χ1) is 10.2. The van der Waals surface area contributed by atoms with E-state index in [1.54, 1.807) is 0 Å². The maximum atomic E-state index is 12.2. The molecule has 1 atom stereocenters. The van der Waals surface area contributed by atoms with E-state index in [0.29, 0.717) is 5.92 Å². The Hall–Kier alpha value is -2.09. The summed E-state index contributed by atoms with van der Waals surface area (Å²) in [5, 5.41) is 3.10. The smallest absolute Gasteiger partial charge is 0.251 e. The topological polar surface area (TPSA) is 29.1 Å². The van der Waals surface area contributed by atoms with Crippen LogP contribution in [0.4, 0.5) is 0 Å². The predicted octanol–water partition coefficient (Wildman–Crippen LogP) is 3.84. The maximum absolute atomic E-state index is 12.2. The summed E-state index contributed by atoms with van der Waals surface area (Å²) in [6.07, 6.45) is 3.53. The van der Waals surface area contributed by atoms with E-state index in [1.807, 2.05) is 31.2 Å². The molecule has 3 rings (SSSR count). The van der Waals surface area contributed by atoms with E-state index >= 15 is 0 Å². The van der Waals surface area contributed by atoms with E-state index in [2.05, 4.69) is 29.6 Å². The van der Waals surface area contributed by atoms with Crippen LogP contribution in [-0.4, -0.2) is 12.5 Å². The Morgan fingerprint density at radius 2 is 2.05 bits per heavy atom. The first-order valence-corrected chi connectivity index (χ1v) is 7.67. The highest BCUT2D eigenvalue weighted by atomic mass is 16.1. The monoisotopic (exact) mass is 279 g/mol. The maximum Gasteiger partial charge on any atom is 0.251 e. The third-order valence-electron chi connectivity index (χ3n) is 4.28. The van der Waals surface area contributed by atoms with Gasteiger partial charge in [-0.05, 0) is 49.4 Å². The van der Waals surface area contributed by atoms with Crippen molar-refractivity contribution < 1.29 is 4.79 Å². The highest BCUT2D eigenvalue weighted by Gasteiger charge is 2.20. The normalized spacial score (nSPS) is 17.1. The molecule has 21 heavy (non-hydrogen) atoms. The fourth-order valence-corrected chi connectivity index (χ4v) is 3.17. The summed E-state index contributed by atoms with van der Waals surface area (Å²) in [5.41, 5.74) is 4.72. The lowest BCUT2D eigenvalue weighted by Gasteiger charge is -2.25. The molecule has 2 aromatic rings. The van der Waals surface area contributed by atoms with Crippen molar-refractivity contribution in [3.05, 3.63) is 70.8 Å². The van der Waals surface area contributed by atoms with Gasteiger partial charge in [-0.1, -0.05) is 42.0 Å². The molecule has 0 heterocycles. The van der Waals surface area contributed by atoms with Gasteiger partial charge in [0.05, 0.1) is 0 Å². The van der Waals surface area contributed by atoms with Crippen molar-refractivity contribution in [1.82, 2.24) is 5.32 Å². The van der Waals surface area contributed by atoms with E-state index in [9.17, 15) is 4.79 Å². The minimum Gasteiger partial charge on any atom is -0.351 e. The Morgan fingerprint density at radius 3 is 2.90 bits per heavy atom. The predicted molar refractivity (Wildman–Crippen MR) is 85.6 cm³/mol. The molecule has 0 aliphatic heterocycles. The average molecular weight is 279 g/mol. The summed E-state index contributed by atoms with van der Waals surface area (Å²) < 4.78 is 0. The number of benzene rings is 2. The molecule has 0 saturated carbocycles. The number of nitrogens with one attached hydrogen (secondary N) is 1. The standard InChI is InChI=1S/C19H21NO/c1-14-6-4-9-16(12-14)19(21)20-13-17-10-5-8-15-7-2-3-11-18(15)17/h2-4,6-7,9,11-12,17H,5,8,10,13H2,1H3,(H,20,21). The van der Waals surface area contributed by atoms with Crippen molar-refractivity contribution in [2.24, 2.45) is 0 Å². The van der Waals surface area contributed by atoms with Gasteiger partial charge in [0.1, 0.15) is 0 Å². The molecule has 1 aliphatic rings. The largest absolute Gasteiger partial charge is 0.351 e. The average Bonchev–Trinajstić information content (AvgIpc) is 2.52. The second-order valence-corrected chi connectivity index (χ2v) is 5.87. The third-order valence-corrected chi connectivity index (χ3v) is 4.28. The first-order valence-electron chi connectivity index (χ1n) is 7.67. The van der Waals surface area contributed by atoms with Crippen molar-refractivity contribution in [3.8, 4) is 0 Å². The molecule has 0 fully saturated rings. The van der Waals surface area contributed by atoms with Crippen molar-refractivity contribution in [2.45, 2.75) is 32.1 Å². The van der Waals surface area contributed by atoms with Crippen LogP contribution in [0.15, 0.2) is 48.5 Å². The summed E-state index contributed by atoms with van der Waals surface area (Å²) in [7, 11) is 0. The zero-order chi connectivity index (χ0) is 14.7. The molecular formula is C19H21NO. The van der Waals surface area contributed by atoms with Gasteiger partial charge in [-0.2, -0.15) is 0 Å². The molecule has 1 aliphatic carbocycles. The summed E-state index contributed by atoms with van der Waals surface area (Å²) >= 11 is 0. The van der Waals surface area contributed by atoms with Crippen molar-refractivity contribution in [1.29, 1.82) is 0 Å². The summed E-state index contributed by atoms with van der Waals surface area (Å²) in [5.74, 6) is 0.477. The van der Waals surface area contributed by atoms with Gasteiger partial charge in [-0.3, -0.25) is 4.79 Å². The number of amides is 1. The van der Waals surface area contributed by atoms with Crippen molar-refractivity contribution >= 4 is 5.91 Å². The molecule has 2 aromatic carbocycles. The number of hydrogen-bond donors (Lipinski definition) is 1. The number of carbonyl (C=O) groups excluding carboxylic acids is 1. The van der Waals surface area contributed by atoms with E-state index in [4.69, 9.17) is 0 Å². The first kappa shape index (κ1) is 13.9. The number of aryl methyl sites for hydroxylation is 2. The molecule has 0 aromatic heterocycles. The van der Waals surface area contributed by atoms with E-state index < -0.39 is 0 Å². The van der Waals surface area contributed by atoms with Crippen LogP contribution in [0.5, 0.6) is 0 Å². The Bertz CT molecular complexity index is 648. The molecule has 108 valence electrons. The van der Waals surface area contributed by atoms with E-state index in [-0.39, 0.29) is 5.91 Å². The van der Waals surface area contributed by atoms with Crippen LogP contribution >= 0.6 is 0 Å². The summed E-state index contributed by atoms with van der Waals surface area (Å²) in [6.45, 7) is 2.73. The number of carbonyl (C=O) groups is 1. The highest BCUT2D eigenvalue weighted by molar-refractivity contribution is 5.94. The van der Waals surface area contributed by atoms with Crippen molar-refractivity contribution in [3.63, 3.8) is 0 Å². The Morgan fingerprint density at radius 1 is 1.19 bits per heavy atom. The molecule has 1 amide bonds. The van der Waals surface area contributed by atoms with E-state index in [1.165, 1.54) is 24.0 Å². The Kier molecular flexibility index (Phi) is 4.05. The fraction of sp³-hybridized carbons (Fsp3) is 0.316. The number of rotatable bonds is 3. The molecule has 0 radical (unpaired) electrons. The molecular weight excluding hydrogens is 258 g/mol. The lowest BCUT2D eigenvalue weighted by atomic mass is 9.83. The minimum absolute atomic E-state index is 0.0294. The lowest BCUT2D eigenvalue weighted by Crippen LogP contribution is -2.30.